The van der Waals surface area contributed by atoms with Gasteiger partial charge in [-0.15, -0.1) is 0 Å². The van der Waals surface area contributed by atoms with Gasteiger partial charge in [0.1, 0.15) is 5.75 Å². The minimum absolute atomic E-state index is 0.209. The van der Waals surface area contributed by atoms with Crippen LogP contribution < -0.4 is 0 Å². The molecule has 0 unspecified atom stereocenters. The highest BCUT2D eigenvalue weighted by Gasteiger charge is 2.43. The van der Waals surface area contributed by atoms with Gasteiger partial charge >= 0.3 is 0 Å². The highest BCUT2D eigenvalue weighted by Crippen LogP contribution is 2.42. The molecule has 0 spiro atoms. The third kappa shape index (κ3) is 3.56. The lowest BCUT2D eigenvalue weighted by atomic mass is 9.78. The average molecular weight is 378 g/mol. The van der Waals surface area contributed by atoms with Gasteiger partial charge in [0.25, 0.3) is 0 Å². The molecular weight excluding hydrogens is 346 g/mol. The number of hydrogen-bond acceptors (Lipinski definition) is 3. The molecule has 4 nitrogen and oxygen atoms in total. The molecule has 1 heterocycles. The van der Waals surface area contributed by atoms with Crippen molar-refractivity contribution >= 4 is 16.1 Å². The SMILES string of the molecule is CC(C)(C)c1cc(/C=C2\CCN(C3CC3)S2(=O)=O)cc(C(C)(C)C)c1O. The maximum atomic E-state index is 12.8. The summed E-state index contributed by atoms with van der Waals surface area (Å²) < 4.78 is 27.3. The van der Waals surface area contributed by atoms with Gasteiger partial charge in [-0.3, -0.25) is 0 Å². The van der Waals surface area contributed by atoms with Gasteiger partial charge in [-0.25, -0.2) is 8.42 Å². The van der Waals surface area contributed by atoms with Gasteiger partial charge in [-0.2, -0.15) is 4.31 Å². The van der Waals surface area contributed by atoms with E-state index in [4.69, 9.17) is 0 Å². The van der Waals surface area contributed by atoms with Crippen molar-refractivity contribution < 1.29 is 13.5 Å². The van der Waals surface area contributed by atoms with Crippen LogP contribution in [0.25, 0.3) is 6.08 Å². The number of sulfonamides is 1. The van der Waals surface area contributed by atoms with E-state index in [-0.39, 0.29) is 16.9 Å². The maximum absolute atomic E-state index is 12.8. The van der Waals surface area contributed by atoms with Gasteiger partial charge < -0.3 is 5.11 Å². The highest BCUT2D eigenvalue weighted by atomic mass is 32.2. The lowest BCUT2D eigenvalue weighted by Gasteiger charge is -2.28. The van der Waals surface area contributed by atoms with Crippen LogP contribution in [0.2, 0.25) is 0 Å². The Bertz CT molecular complexity index is 815. The monoisotopic (exact) mass is 377 g/mol. The Kier molecular flexibility index (Phi) is 4.56. The summed E-state index contributed by atoms with van der Waals surface area (Å²) in [4.78, 5) is 0.495. The summed E-state index contributed by atoms with van der Waals surface area (Å²) in [5.74, 6) is 0.320. The van der Waals surface area contributed by atoms with Crippen molar-refractivity contribution in [2.75, 3.05) is 6.54 Å². The normalized spacial score (nSPS) is 22.9. The summed E-state index contributed by atoms with van der Waals surface area (Å²) in [5.41, 5.74) is 2.10. The van der Waals surface area contributed by atoms with Crippen molar-refractivity contribution in [3.05, 3.63) is 33.7 Å². The molecule has 1 saturated carbocycles. The Labute approximate surface area is 158 Å². The third-order valence-electron chi connectivity index (χ3n) is 5.25. The molecule has 0 radical (unpaired) electrons. The van der Waals surface area contributed by atoms with Crippen molar-refractivity contribution in [1.29, 1.82) is 0 Å². The molecule has 2 aliphatic rings. The summed E-state index contributed by atoms with van der Waals surface area (Å²) in [6.45, 7) is 13.0. The predicted molar refractivity (Wildman–Crippen MR) is 107 cm³/mol. The molecule has 1 aliphatic carbocycles. The molecule has 0 bridgehead atoms. The summed E-state index contributed by atoms with van der Waals surface area (Å²) in [5, 5.41) is 10.8. The number of hydrogen-bond donors (Lipinski definition) is 1. The lowest BCUT2D eigenvalue weighted by Crippen LogP contribution is -2.27. The van der Waals surface area contributed by atoms with E-state index in [1.54, 1.807) is 4.31 Å². The van der Waals surface area contributed by atoms with E-state index in [0.29, 0.717) is 23.6 Å². The first-order valence-corrected chi connectivity index (χ1v) is 10.9. The van der Waals surface area contributed by atoms with E-state index in [1.165, 1.54) is 0 Å². The Morgan fingerprint density at radius 2 is 1.54 bits per heavy atom. The number of phenolic OH excluding ortho intramolecular Hbond substituents is 1. The Morgan fingerprint density at radius 1 is 1.04 bits per heavy atom. The lowest BCUT2D eigenvalue weighted by molar-refractivity contribution is 0.423. The quantitative estimate of drug-likeness (QED) is 0.824. The molecule has 0 atom stereocenters. The van der Waals surface area contributed by atoms with Crippen molar-refractivity contribution in [3.63, 3.8) is 0 Å². The molecule has 1 aromatic rings. The van der Waals surface area contributed by atoms with Crippen LogP contribution in [-0.2, 0) is 20.9 Å². The first-order valence-electron chi connectivity index (χ1n) is 9.42. The molecule has 1 saturated heterocycles. The molecule has 0 aromatic heterocycles. The van der Waals surface area contributed by atoms with E-state index >= 15 is 0 Å². The van der Waals surface area contributed by atoms with Crippen LogP contribution in [0.3, 0.4) is 0 Å². The molecule has 1 aromatic carbocycles. The molecule has 1 aliphatic heterocycles. The first kappa shape index (κ1) is 19.4. The largest absolute Gasteiger partial charge is 0.507 e. The molecule has 26 heavy (non-hydrogen) atoms. The van der Waals surface area contributed by atoms with Gasteiger partial charge in [0.05, 0.1) is 4.91 Å². The minimum atomic E-state index is -3.34. The number of nitrogens with zero attached hydrogens (tertiary/aromatic N) is 1. The fourth-order valence-electron chi connectivity index (χ4n) is 3.58. The highest BCUT2D eigenvalue weighted by molar-refractivity contribution is 7.93. The smallest absolute Gasteiger partial charge is 0.239 e. The second-order valence-electron chi connectivity index (χ2n) is 9.67. The summed E-state index contributed by atoms with van der Waals surface area (Å²) in [7, 11) is -3.34. The van der Waals surface area contributed by atoms with Crippen molar-refractivity contribution in [2.24, 2.45) is 0 Å². The van der Waals surface area contributed by atoms with Gasteiger partial charge in [-0.05, 0) is 53.9 Å². The van der Waals surface area contributed by atoms with Crippen LogP contribution in [0.4, 0.5) is 0 Å². The fourth-order valence-corrected chi connectivity index (χ4v) is 5.45. The Morgan fingerprint density at radius 3 is 1.96 bits per heavy atom. The molecule has 0 amide bonds. The second-order valence-corrected chi connectivity index (χ2v) is 11.6. The second kappa shape index (κ2) is 6.10. The molecule has 5 heteroatoms. The number of aromatic hydroxyl groups is 1. The molecular formula is C21H31NO3S. The first-order chi connectivity index (χ1) is 11.8. The maximum Gasteiger partial charge on any atom is 0.239 e. The zero-order chi connectivity index (χ0) is 19.5. The summed E-state index contributed by atoms with van der Waals surface area (Å²) in [6.07, 6.45) is 4.33. The van der Waals surface area contributed by atoms with E-state index < -0.39 is 10.0 Å². The molecule has 144 valence electrons. The molecule has 1 N–H and O–H groups in total. The number of benzene rings is 1. The Balaban J connectivity index is 2.11. The van der Waals surface area contributed by atoms with Crippen LogP contribution in [0.15, 0.2) is 17.0 Å². The number of rotatable bonds is 2. The van der Waals surface area contributed by atoms with Gasteiger partial charge in [-0.1, -0.05) is 41.5 Å². The number of phenols is 1. The van der Waals surface area contributed by atoms with E-state index in [0.717, 1.165) is 29.5 Å². The average Bonchev–Trinajstić information content (AvgIpc) is 3.25. The van der Waals surface area contributed by atoms with Crippen LogP contribution in [0.5, 0.6) is 5.75 Å². The minimum Gasteiger partial charge on any atom is -0.507 e. The van der Waals surface area contributed by atoms with Gasteiger partial charge in [0, 0.05) is 23.7 Å². The zero-order valence-corrected chi connectivity index (χ0v) is 17.6. The van der Waals surface area contributed by atoms with E-state index in [2.05, 4.69) is 41.5 Å². The summed E-state index contributed by atoms with van der Waals surface area (Å²) >= 11 is 0. The van der Waals surface area contributed by atoms with Crippen molar-refractivity contribution in [3.8, 4) is 5.75 Å². The van der Waals surface area contributed by atoms with E-state index in [9.17, 15) is 13.5 Å². The fraction of sp³-hybridized carbons (Fsp3) is 0.619. The van der Waals surface area contributed by atoms with Crippen molar-refractivity contribution in [2.45, 2.75) is 77.7 Å². The van der Waals surface area contributed by atoms with Crippen LogP contribution in [0.1, 0.15) is 77.5 Å². The van der Waals surface area contributed by atoms with Crippen LogP contribution >= 0.6 is 0 Å². The van der Waals surface area contributed by atoms with Crippen LogP contribution in [-0.4, -0.2) is 30.4 Å². The van der Waals surface area contributed by atoms with Crippen molar-refractivity contribution in [1.82, 2.24) is 4.31 Å². The van der Waals surface area contributed by atoms with E-state index in [1.807, 2.05) is 18.2 Å². The molecule has 2 fully saturated rings. The Hall–Kier alpha value is -1.33. The van der Waals surface area contributed by atoms with Crippen LogP contribution in [0, 0.1) is 0 Å². The predicted octanol–water partition coefficient (Wildman–Crippen LogP) is 4.53. The van der Waals surface area contributed by atoms with Gasteiger partial charge in [0.2, 0.25) is 10.0 Å². The summed E-state index contributed by atoms with van der Waals surface area (Å²) in [6, 6.07) is 4.08. The zero-order valence-electron chi connectivity index (χ0n) is 16.8. The standard InChI is InChI=1S/C21H31NO3S/c1-20(2,3)17-12-14(13-18(19(17)23)21(4,5)6)11-16-9-10-22(15-7-8-15)26(16,24)25/h11-13,15,23H,7-10H2,1-6H3/b16-11+. The van der Waals surface area contributed by atoms with Gasteiger partial charge in [0.15, 0.2) is 0 Å². The topological polar surface area (TPSA) is 57.6 Å². The molecule has 3 rings (SSSR count). The third-order valence-corrected chi connectivity index (χ3v) is 7.33.